The first-order valence-corrected chi connectivity index (χ1v) is 15.0. The van der Waals surface area contributed by atoms with Gasteiger partial charge in [0, 0.05) is 12.3 Å². The lowest BCUT2D eigenvalue weighted by Gasteiger charge is -2.58. The molecule has 1 amide bonds. The molecular formula is C31H51NO3. The summed E-state index contributed by atoms with van der Waals surface area (Å²) in [5.41, 5.74) is 2.31. The van der Waals surface area contributed by atoms with Gasteiger partial charge in [0.05, 0.1) is 18.8 Å². The first-order valence-electron chi connectivity index (χ1n) is 15.0. The lowest BCUT2D eigenvalue weighted by molar-refractivity contribution is -0.177. The molecule has 1 heterocycles. The maximum Gasteiger partial charge on any atom is 0.246 e. The first kappa shape index (κ1) is 25.8. The molecule has 0 aromatic rings. The molecule has 5 aliphatic rings. The highest BCUT2D eigenvalue weighted by Crippen LogP contribution is 2.67. The Hall–Kier alpha value is -0.870. The van der Waals surface area contributed by atoms with Crippen LogP contribution in [-0.2, 0) is 9.63 Å². The molecule has 4 heteroatoms. The summed E-state index contributed by atoms with van der Waals surface area (Å²) < 4.78 is 0. The molecular weight excluding hydrogens is 434 g/mol. The first-order chi connectivity index (χ1) is 16.7. The molecule has 0 spiro atoms. The van der Waals surface area contributed by atoms with Crippen molar-refractivity contribution >= 4 is 5.91 Å². The van der Waals surface area contributed by atoms with Crippen LogP contribution in [0.25, 0.3) is 0 Å². The minimum absolute atomic E-state index is 0.120. The molecule has 35 heavy (non-hydrogen) atoms. The highest BCUT2D eigenvalue weighted by Gasteiger charge is 2.59. The van der Waals surface area contributed by atoms with E-state index in [1.807, 2.05) is 0 Å². The minimum Gasteiger partial charge on any atom is -0.393 e. The van der Waals surface area contributed by atoms with Gasteiger partial charge in [-0.1, -0.05) is 52.7 Å². The lowest BCUT2D eigenvalue weighted by Crippen LogP contribution is -2.50. The van der Waals surface area contributed by atoms with Gasteiger partial charge >= 0.3 is 0 Å². The van der Waals surface area contributed by atoms with E-state index in [0.717, 1.165) is 55.8 Å². The van der Waals surface area contributed by atoms with Gasteiger partial charge in [-0.05, 0) is 105 Å². The fourth-order valence-electron chi connectivity index (χ4n) is 9.87. The van der Waals surface area contributed by atoms with Crippen LogP contribution in [0.5, 0.6) is 0 Å². The Morgan fingerprint density at radius 2 is 2.00 bits per heavy atom. The number of hydrogen-bond acceptors (Lipinski definition) is 3. The standard InChI is InChI=1S/C31H51NO3/c1-6-7-28-21(3)19-35-32(28)29(34)13-8-20(2)25-11-12-26-24-10-9-22-18-23(33)14-16-30(22,4)27(24)15-17-31(25,26)5/h9,20-21,23-28,33H,6-8,10-19H2,1-5H3/t20-,21-,23+,24+,25-,26+,27+,28-,30+,31-/m1/s1. The van der Waals surface area contributed by atoms with Crippen LogP contribution >= 0.6 is 0 Å². The largest absolute Gasteiger partial charge is 0.393 e. The topological polar surface area (TPSA) is 49.8 Å². The van der Waals surface area contributed by atoms with E-state index in [9.17, 15) is 9.90 Å². The number of nitrogens with zero attached hydrogens (tertiary/aromatic N) is 1. The van der Waals surface area contributed by atoms with E-state index in [1.165, 1.54) is 38.5 Å². The van der Waals surface area contributed by atoms with Crippen molar-refractivity contribution in [3.63, 3.8) is 0 Å². The van der Waals surface area contributed by atoms with Crippen molar-refractivity contribution in [1.29, 1.82) is 0 Å². The summed E-state index contributed by atoms with van der Waals surface area (Å²) in [6.45, 7) is 12.7. The Morgan fingerprint density at radius 1 is 1.20 bits per heavy atom. The van der Waals surface area contributed by atoms with Gasteiger partial charge in [0.1, 0.15) is 0 Å². The third-order valence-electron chi connectivity index (χ3n) is 11.9. The molecule has 0 unspecified atom stereocenters. The Balaban J connectivity index is 1.23. The van der Waals surface area contributed by atoms with Crippen LogP contribution in [0.1, 0.15) is 112 Å². The third kappa shape index (κ3) is 4.33. The highest BCUT2D eigenvalue weighted by molar-refractivity contribution is 5.75. The van der Waals surface area contributed by atoms with Crippen molar-refractivity contribution in [3.8, 4) is 0 Å². The van der Waals surface area contributed by atoms with E-state index in [1.54, 1.807) is 10.6 Å². The number of aliphatic hydroxyl groups is 1. The van der Waals surface area contributed by atoms with Crippen LogP contribution in [0.3, 0.4) is 0 Å². The van der Waals surface area contributed by atoms with Gasteiger partial charge in [-0.15, -0.1) is 0 Å². The molecule has 198 valence electrons. The van der Waals surface area contributed by atoms with Gasteiger partial charge in [-0.25, -0.2) is 5.06 Å². The second-order valence-electron chi connectivity index (χ2n) is 13.7. The van der Waals surface area contributed by atoms with Gasteiger partial charge in [-0.3, -0.25) is 9.63 Å². The zero-order valence-electron chi connectivity index (χ0n) is 23.1. The molecule has 5 rings (SSSR count). The van der Waals surface area contributed by atoms with Crippen molar-refractivity contribution in [2.24, 2.45) is 46.3 Å². The van der Waals surface area contributed by atoms with Gasteiger partial charge in [0.2, 0.25) is 5.91 Å². The fourth-order valence-corrected chi connectivity index (χ4v) is 9.87. The van der Waals surface area contributed by atoms with E-state index >= 15 is 0 Å². The van der Waals surface area contributed by atoms with E-state index < -0.39 is 0 Å². The Bertz CT molecular complexity index is 824. The Labute approximate surface area is 214 Å². The highest BCUT2D eigenvalue weighted by atomic mass is 16.7. The Kier molecular flexibility index (Phi) is 7.20. The molecule has 0 radical (unpaired) electrons. The van der Waals surface area contributed by atoms with Gasteiger partial charge in [0.25, 0.3) is 0 Å². The molecule has 1 N–H and O–H groups in total. The summed E-state index contributed by atoms with van der Waals surface area (Å²) >= 11 is 0. The fraction of sp³-hybridized carbons (Fsp3) is 0.903. The summed E-state index contributed by atoms with van der Waals surface area (Å²) in [4.78, 5) is 19.0. The van der Waals surface area contributed by atoms with E-state index in [2.05, 4.69) is 40.7 Å². The van der Waals surface area contributed by atoms with E-state index in [0.29, 0.717) is 35.7 Å². The number of hydroxylamine groups is 2. The number of rotatable bonds is 6. The van der Waals surface area contributed by atoms with Crippen molar-refractivity contribution in [2.45, 2.75) is 124 Å². The SMILES string of the molecule is CCC[C@@H]1[C@H](C)CON1C(=O)CC[C@@H](C)[C@H]1CC[C@H]2[C@@H]3CC=C4C[C@@H](O)CC[C@]4(C)[C@H]3CC[C@]12C. The number of hydrogen-bond donors (Lipinski definition) is 1. The molecule has 4 nitrogen and oxygen atoms in total. The van der Waals surface area contributed by atoms with Crippen LogP contribution in [-0.4, -0.2) is 34.8 Å². The van der Waals surface area contributed by atoms with Crippen LogP contribution in [0.2, 0.25) is 0 Å². The van der Waals surface area contributed by atoms with Crippen molar-refractivity contribution < 1.29 is 14.7 Å². The van der Waals surface area contributed by atoms with Crippen LogP contribution in [0, 0.1) is 46.3 Å². The smallest absolute Gasteiger partial charge is 0.246 e. The molecule has 4 fully saturated rings. The Morgan fingerprint density at radius 3 is 2.77 bits per heavy atom. The van der Waals surface area contributed by atoms with Crippen molar-refractivity contribution in [2.75, 3.05) is 6.61 Å². The van der Waals surface area contributed by atoms with E-state index in [4.69, 9.17) is 4.84 Å². The van der Waals surface area contributed by atoms with E-state index in [-0.39, 0.29) is 18.1 Å². The minimum atomic E-state index is -0.120. The number of carbonyl (C=O) groups is 1. The van der Waals surface area contributed by atoms with Crippen LogP contribution < -0.4 is 0 Å². The number of amides is 1. The summed E-state index contributed by atoms with van der Waals surface area (Å²) in [6, 6.07) is 0.262. The molecule has 1 aliphatic heterocycles. The normalized spacial score (nSPS) is 45.9. The summed E-state index contributed by atoms with van der Waals surface area (Å²) in [6.07, 6.45) is 15.9. The van der Waals surface area contributed by atoms with Crippen molar-refractivity contribution in [3.05, 3.63) is 11.6 Å². The number of carbonyl (C=O) groups excluding carboxylic acids is 1. The van der Waals surface area contributed by atoms with Crippen LogP contribution in [0.4, 0.5) is 0 Å². The second-order valence-corrected chi connectivity index (χ2v) is 13.7. The molecule has 0 aromatic heterocycles. The maximum absolute atomic E-state index is 13.1. The van der Waals surface area contributed by atoms with Crippen LogP contribution in [0.15, 0.2) is 11.6 Å². The summed E-state index contributed by atoms with van der Waals surface area (Å²) in [5, 5.41) is 12.0. The number of fused-ring (bicyclic) bond motifs is 5. The molecule has 4 aliphatic carbocycles. The summed E-state index contributed by atoms with van der Waals surface area (Å²) in [5.74, 6) is 4.41. The molecule has 0 bridgehead atoms. The number of aliphatic hydroxyl groups excluding tert-OH is 1. The maximum atomic E-state index is 13.1. The van der Waals surface area contributed by atoms with Crippen molar-refractivity contribution in [1.82, 2.24) is 5.06 Å². The van der Waals surface area contributed by atoms with Gasteiger partial charge in [0.15, 0.2) is 0 Å². The molecule has 10 atom stereocenters. The average Bonchev–Trinajstić information content (AvgIpc) is 3.37. The lowest BCUT2D eigenvalue weighted by atomic mass is 9.47. The summed E-state index contributed by atoms with van der Waals surface area (Å²) in [7, 11) is 0. The van der Waals surface area contributed by atoms with Gasteiger partial charge < -0.3 is 5.11 Å². The molecule has 0 aromatic carbocycles. The predicted octanol–water partition coefficient (Wildman–Crippen LogP) is 6.92. The number of allylic oxidation sites excluding steroid dienone is 1. The zero-order valence-corrected chi connectivity index (χ0v) is 23.1. The monoisotopic (exact) mass is 485 g/mol. The zero-order chi connectivity index (χ0) is 25.0. The average molecular weight is 486 g/mol. The third-order valence-corrected chi connectivity index (χ3v) is 11.9. The predicted molar refractivity (Wildman–Crippen MR) is 140 cm³/mol. The quantitative estimate of drug-likeness (QED) is 0.415. The molecule has 3 saturated carbocycles. The van der Waals surface area contributed by atoms with Gasteiger partial charge in [-0.2, -0.15) is 0 Å². The molecule has 1 saturated heterocycles. The second kappa shape index (κ2) is 9.78.